The lowest BCUT2D eigenvalue weighted by Crippen LogP contribution is -2.48. The van der Waals surface area contributed by atoms with Crippen LogP contribution in [0.4, 0.5) is 0 Å². The number of nitrogens with zero attached hydrogens (tertiary/aromatic N) is 1. The third-order valence-corrected chi connectivity index (χ3v) is 6.54. The van der Waals surface area contributed by atoms with E-state index in [-0.39, 0.29) is 10.9 Å². The van der Waals surface area contributed by atoms with Gasteiger partial charge in [-0.2, -0.15) is 4.31 Å². The van der Waals surface area contributed by atoms with Gasteiger partial charge in [0.1, 0.15) is 10.6 Å². The highest BCUT2D eigenvalue weighted by Crippen LogP contribution is 2.35. The normalized spacial score (nSPS) is 26.6. The van der Waals surface area contributed by atoms with Crippen molar-refractivity contribution < 1.29 is 13.2 Å². The Morgan fingerprint density at radius 1 is 1.38 bits per heavy atom. The molecule has 2 saturated heterocycles. The summed E-state index contributed by atoms with van der Waals surface area (Å²) in [6.45, 7) is 2.19. The Kier molecular flexibility index (Phi) is 4.14. The van der Waals surface area contributed by atoms with E-state index in [0.717, 1.165) is 25.9 Å². The zero-order chi connectivity index (χ0) is 15.0. The number of piperidine rings is 1. The Morgan fingerprint density at radius 3 is 2.95 bits per heavy atom. The van der Waals surface area contributed by atoms with Crippen LogP contribution in [0.1, 0.15) is 12.8 Å². The molecule has 2 heterocycles. The molecule has 5 nitrogen and oxygen atoms in total. The monoisotopic (exact) mass is 330 g/mol. The molecule has 2 fully saturated rings. The second-order valence-electron chi connectivity index (χ2n) is 5.54. The first kappa shape index (κ1) is 15.1. The minimum atomic E-state index is -3.57. The highest BCUT2D eigenvalue weighted by molar-refractivity contribution is 7.89. The number of rotatable bonds is 3. The summed E-state index contributed by atoms with van der Waals surface area (Å²) in [6.07, 6.45) is 1.99. The topological polar surface area (TPSA) is 58.6 Å². The smallest absolute Gasteiger partial charge is 0.247 e. The summed E-state index contributed by atoms with van der Waals surface area (Å²) in [5.41, 5.74) is 0. The summed E-state index contributed by atoms with van der Waals surface area (Å²) in [6, 6.07) is 4.71. The number of ether oxygens (including phenoxy) is 1. The van der Waals surface area contributed by atoms with Gasteiger partial charge in [-0.15, -0.1) is 0 Å². The van der Waals surface area contributed by atoms with Gasteiger partial charge in [0.15, 0.2) is 0 Å². The van der Waals surface area contributed by atoms with Crippen LogP contribution in [0.25, 0.3) is 0 Å². The fourth-order valence-electron chi connectivity index (χ4n) is 3.31. The maximum Gasteiger partial charge on any atom is 0.247 e. The van der Waals surface area contributed by atoms with Crippen molar-refractivity contribution in [2.45, 2.75) is 23.8 Å². The third kappa shape index (κ3) is 2.65. The summed E-state index contributed by atoms with van der Waals surface area (Å²) in [5, 5.41) is 3.76. The number of sulfonamides is 1. The molecule has 0 aliphatic carbocycles. The SMILES string of the molecule is COc1cc(Cl)ccc1S(=O)(=O)N1CCCC2CNCC21. The van der Waals surface area contributed by atoms with E-state index in [9.17, 15) is 8.42 Å². The first-order valence-electron chi connectivity index (χ1n) is 7.10. The molecule has 1 N–H and O–H groups in total. The lowest BCUT2D eigenvalue weighted by molar-refractivity contribution is 0.217. The molecule has 1 aromatic carbocycles. The zero-order valence-corrected chi connectivity index (χ0v) is 13.5. The van der Waals surface area contributed by atoms with Gasteiger partial charge in [0, 0.05) is 30.2 Å². The van der Waals surface area contributed by atoms with E-state index in [2.05, 4.69) is 5.32 Å². The van der Waals surface area contributed by atoms with Gasteiger partial charge in [0.05, 0.1) is 7.11 Å². The molecule has 2 aliphatic heterocycles. The van der Waals surface area contributed by atoms with E-state index in [1.54, 1.807) is 16.4 Å². The van der Waals surface area contributed by atoms with Crippen LogP contribution in [-0.2, 0) is 10.0 Å². The van der Waals surface area contributed by atoms with Gasteiger partial charge in [0.25, 0.3) is 0 Å². The van der Waals surface area contributed by atoms with Gasteiger partial charge in [-0.25, -0.2) is 8.42 Å². The molecule has 0 amide bonds. The van der Waals surface area contributed by atoms with Crippen LogP contribution < -0.4 is 10.1 Å². The largest absolute Gasteiger partial charge is 0.495 e. The van der Waals surface area contributed by atoms with Crippen LogP contribution >= 0.6 is 11.6 Å². The maximum absolute atomic E-state index is 13.0. The predicted octanol–water partition coefficient (Wildman–Crippen LogP) is 1.72. The molecular weight excluding hydrogens is 312 g/mol. The summed E-state index contributed by atoms with van der Waals surface area (Å²) in [4.78, 5) is 0.196. The average Bonchev–Trinajstić information content (AvgIpc) is 2.94. The van der Waals surface area contributed by atoms with Crippen LogP contribution in [-0.4, -0.2) is 45.5 Å². The van der Waals surface area contributed by atoms with Crippen molar-refractivity contribution in [2.24, 2.45) is 5.92 Å². The molecule has 0 bridgehead atoms. The zero-order valence-electron chi connectivity index (χ0n) is 11.9. The van der Waals surface area contributed by atoms with E-state index < -0.39 is 10.0 Å². The average molecular weight is 331 g/mol. The second-order valence-corrected chi connectivity index (χ2v) is 7.83. The molecule has 0 saturated carbocycles. The fraction of sp³-hybridized carbons (Fsp3) is 0.571. The van der Waals surface area contributed by atoms with Crippen molar-refractivity contribution in [1.82, 2.24) is 9.62 Å². The third-order valence-electron chi connectivity index (χ3n) is 4.34. The van der Waals surface area contributed by atoms with Crippen molar-refractivity contribution >= 4 is 21.6 Å². The Balaban J connectivity index is 2.00. The summed E-state index contributed by atoms with van der Waals surface area (Å²) in [5.74, 6) is 0.711. The highest BCUT2D eigenvalue weighted by atomic mass is 35.5. The quantitative estimate of drug-likeness (QED) is 0.917. The fourth-order valence-corrected chi connectivity index (χ4v) is 5.33. The van der Waals surface area contributed by atoms with Crippen molar-refractivity contribution in [1.29, 1.82) is 0 Å². The second kappa shape index (κ2) is 5.76. The van der Waals surface area contributed by atoms with E-state index in [4.69, 9.17) is 16.3 Å². The highest BCUT2D eigenvalue weighted by Gasteiger charge is 2.42. The van der Waals surface area contributed by atoms with Gasteiger partial charge in [-0.1, -0.05) is 11.6 Å². The lowest BCUT2D eigenvalue weighted by Gasteiger charge is -2.36. The maximum atomic E-state index is 13.0. The molecule has 1 aromatic rings. The summed E-state index contributed by atoms with van der Waals surface area (Å²) >= 11 is 5.92. The number of fused-ring (bicyclic) bond motifs is 1. The first-order chi connectivity index (χ1) is 10.0. The Hall–Kier alpha value is -0.820. The van der Waals surface area contributed by atoms with Crippen molar-refractivity contribution in [3.8, 4) is 5.75 Å². The van der Waals surface area contributed by atoms with Crippen LogP contribution in [0.5, 0.6) is 5.75 Å². The molecule has 7 heteroatoms. The van der Waals surface area contributed by atoms with E-state index in [1.807, 2.05) is 0 Å². The van der Waals surface area contributed by atoms with Crippen LogP contribution in [0.15, 0.2) is 23.1 Å². The molecule has 2 atom stereocenters. The number of halogens is 1. The van der Waals surface area contributed by atoms with Gasteiger partial charge >= 0.3 is 0 Å². The Bertz CT molecular complexity index is 635. The van der Waals surface area contributed by atoms with Gasteiger partial charge in [0.2, 0.25) is 10.0 Å². The summed E-state index contributed by atoms with van der Waals surface area (Å²) in [7, 11) is -2.11. The molecule has 2 aliphatic rings. The van der Waals surface area contributed by atoms with Crippen LogP contribution in [0, 0.1) is 5.92 Å². The van der Waals surface area contributed by atoms with Crippen molar-refractivity contribution in [2.75, 3.05) is 26.7 Å². The predicted molar refractivity (Wildman–Crippen MR) is 81.3 cm³/mol. The lowest BCUT2D eigenvalue weighted by atomic mass is 9.94. The molecular formula is C14H19ClN2O3S. The minimum absolute atomic E-state index is 0.0455. The molecule has 2 unspecified atom stereocenters. The van der Waals surface area contributed by atoms with Crippen molar-refractivity contribution in [3.63, 3.8) is 0 Å². The number of hydrogen-bond acceptors (Lipinski definition) is 4. The molecule has 3 rings (SSSR count). The minimum Gasteiger partial charge on any atom is -0.495 e. The molecule has 0 radical (unpaired) electrons. The molecule has 0 spiro atoms. The standard InChI is InChI=1S/C14H19ClN2O3S/c1-20-13-7-11(15)4-5-14(13)21(18,19)17-6-2-3-10-8-16-9-12(10)17/h4-5,7,10,12,16H,2-3,6,8-9H2,1H3. The number of nitrogens with one attached hydrogen (secondary N) is 1. The van der Waals surface area contributed by atoms with E-state index in [1.165, 1.54) is 13.2 Å². The van der Waals surface area contributed by atoms with E-state index in [0.29, 0.717) is 23.2 Å². The van der Waals surface area contributed by atoms with E-state index >= 15 is 0 Å². The van der Waals surface area contributed by atoms with Gasteiger partial charge < -0.3 is 10.1 Å². The number of benzene rings is 1. The Morgan fingerprint density at radius 2 is 2.19 bits per heavy atom. The van der Waals surface area contributed by atoms with Crippen LogP contribution in [0.3, 0.4) is 0 Å². The van der Waals surface area contributed by atoms with Crippen LogP contribution in [0.2, 0.25) is 5.02 Å². The van der Waals surface area contributed by atoms with Gasteiger partial charge in [-0.3, -0.25) is 0 Å². The molecule has 0 aromatic heterocycles. The number of methoxy groups -OCH3 is 1. The first-order valence-corrected chi connectivity index (χ1v) is 8.92. The van der Waals surface area contributed by atoms with Gasteiger partial charge in [-0.05, 0) is 37.4 Å². The summed E-state index contributed by atoms with van der Waals surface area (Å²) < 4.78 is 32.8. The Labute approximate surface area is 130 Å². The molecule has 21 heavy (non-hydrogen) atoms. The van der Waals surface area contributed by atoms with Crippen molar-refractivity contribution in [3.05, 3.63) is 23.2 Å². The molecule has 116 valence electrons. The number of hydrogen-bond donors (Lipinski definition) is 1.